The lowest BCUT2D eigenvalue weighted by molar-refractivity contribution is -0.167. The predicted octanol–water partition coefficient (Wildman–Crippen LogP) is 15.8. The Labute approximate surface area is 348 Å². The van der Waals surface area contributed by atoms with Crippen molar-refractivity contribution in [3.63, 3.8) is 0 Å². The van der Waals surface area contributed by atoms with Crippen LogP contribution in [0.25, 0.3) is 0 Å². The van der Waals surface area contributed by atoms with Crippen LogP contribution in [0.1, 0.15) is 271 Å². The molecule has 0 heterocycles. The van der Waals surface area contributed by atoms with Crippen LogP contribution in [0, 0.1) is 0 Å². The normalized spacial score (nSPS) is 12.0. The number of hydrogen-bond acceptors (Lipinski definition) is 6. The van der Waals surface area contributed by atoms with Crippen molar-refractivity contribution in [1.29, 1.82) is 0 Å². The van der Waals surface area contributed by atoms with Crippen LogP contribution < -0.4 is 0 Å². The van der Waals surface area contributed by atoms with E-state index in [0.29, 0.717) is 19.3 Å². The highest BCUT2D eigenvalue weighted by atomic mass is 16.6. The van der Waals surface area contributed by atoms with E-state index in [2.05, 4.69) is 32.9 Å². The van der Waals surface area contributed by atoms with Crippen LogP contribution in [-0.4, -0.2) is 37.2 Å². The van der Waals surface area contributed by atoms with E-state index >= 15 is 0 Å². The summed E-state index contributed by atoms with van der Waals surface area (Å²) in [5.41, 5.74) is 0. The Kier molecular flexibility index (Phi) is 44.3. The molecule has 6 nitrogen and oxygen atoms in total. The van der Waals surface area contributed by atoms with E-state index < -0.39 is 6.10 Å². The van der Waals surface area contributed by atoms with Gasteiger partial charge < -0.3 is 14.2 Å². The van der Waals surface area contributed by atoms with E-state index in [1.807, 2.05) is 0 Å². The molecule has 0 aromatic carbocycles. The number of rotatable bonds is 45. The summed E-state index contributed by atoms with van der Waals surface area (Å²) in [5, 5.41) is 0. The fraction of sp³-hybridized carbons (Fsp3) is 0.900. The smallest absolute Gasteiger partial charge is 0.306 e. The molecule has 0 aliphatic heterocycles. The molecule has 330 valence electrons. The van der Waals surface area contributed by atoms with E-state index in [-0.39, 0.29) is 31.1 Å². The van der Waals surface area contributed by atoms with Crippen molar-refractivity contribution in [1.82, 2.24) is 0 Å². The maximum absolute atomic E-state index is 12.7. The standard InChI is InChI=1S/C50H94O6/c1-4-7-10-13-16-18-20-22-24-26-28-30-32-34-37-40-43-49(52)55-46-47(45-54-48(51)42-39-36-15-12-9-6-3)56-50(53)44-41-38-35-33-31-29-27-25-23-21-19-17-14-11-8-5-2/h24,26,47H,4-23,25,27-46H2,1-3H3/b26-24-. The zero-order valence-corrected chi connectivity index (χ0v) is 37.7. The molecule has 0 spiro atoms. The number of carbonyl (C=O) groups excluding carboxylic acids is 3. The van der Waals surface area contributed by atoms with Crippen LogP contribution >= 0.6 is 0 Å². The van der Waals surface area contributed by atoms with Crippen molar-refractivity contribution in [2.75, 3.05) is 13.2 Å². The summed E-state index contributed by atoms with van der Waals surface area (Å²) in [5.74, 6) is -0.874. The summed E-state index contributed by atoms with van der Waals surface area (Å²) < 4.78 is 16.7. The summed E-state index contributed by atoms with van der Waals surface area (Å²) >= 11 is 0. The highest BCUT2D eigenvalue weighted by molar-refractivity contribution is 5.71. The van der Waals surface area contributed by atoms with Gasteiger partial charge in [0.05, 0.1) is 0 Å². The van der Waals surface area contributed by atoms with Gasteiger partial charge in [-0.25, -0.2) is 0 Å². The number of unbranched alkanes of at least 4 members (excludes halogenated alkanes) is 32. The molecule has 56 heavy (non-hydrogen) atoms. The zero-order valence-electron chi connectivity index (χ0n) is 37.7. The average Bonchev–Trinajstić information content (AvgIpc) is 3.19. The van der Waals surface area contributed by atoms with E-state index in [1.54, 1.807) is 0 Å². The molecule has 0 aliphatic rings. The van der Waals surface area contributed by atoms with Crippen LogP contribution in [0.5, 0.6) is 0 Å². The minimum Gasteiger partial charge on any atom is -0.462 e. The quantitative estimate of drug-likeness (QED) is 0.0264. The molecule has 0 fully saturated rings. The molecule has 0 amide bonds. The Morgan fingerprint density at radius 1 is 0.339 bits per heavy atom. The van der Waals surface area contributed by atoms with Crippen molar-refractivity contribution in [3.05, 3.63) is 12.2 Å². The Morgan fingerprint density at radius 3 is 0.893 bits per heavy atom. The molecule has 0 aliphatic carbocycles. The maximum atomic E-state index is 12.7. The van der Waals surface area contributed by atoms with Gasteiger partial charge in [-0.05, 0) is 44.9 Å². The second-order valence-electron chi connectivity index (χ2n) is 16.7. The first-order chi connectivity index (χ1) is 27.5. The fourth-order valence-electron chi connectivity index (χ4n) is 7.26. The fourth-order valence-corrected chi connectivity index (χ4v) is 7.26. The van der Waals surface area contributed by atoms with Gasteiger partial charge in [-0.15, -0.1) is 0 Å². The first-order valence-electron chi connectivity index (χ1n) is 24.7. The van der Waals surface area contributed by atoms with Gasteiger partial charge in [0.15, 0.2) is 6.10 Å². The second-order valence-corrected chi connectivity index (χ2v) is 16.7. The van der Waals surface area contributed by atoms with Crippen molar-refractivity contribution in [2.45, 2.75) is 277 Å². The molecular weight excluding hydrogens is 697 g/mol. The van der Waals surface area contributed by atoms with Gasteiger partial charge in [0.1, 0.15) is 13.2 Å². The molecule has 1 atom stereocenters. The summed E-state index contributed by atoms with van der Waals surface area (Å²) in [6.45, 7) is 6.60. The zero-order chi connectivity index (χ0) is 40.8. The van der Waals surface area contributed by atoms with Crippen LogP contribution in [0.3, 0.4) is 0 Å². The van der Waals surface area contributed by atoms with Gasteiger partial charge in [0.25, 0.3) is 0 Å². The van der Waals surface area contributed by atoms with Gasteiger partial charge in [-0.3, -0.25) is 14.4 Å². The molecule has 6 heteroatoms. The molecule has 0 radical (unpaired) electrons. The first kappa shape index (κ1) is 54.2. The highest BCUT2D eigenvalue weighted by Crippen LogP contribution is 2.16. The van der Waals surface area contributed by atoms with Crippen LogP contribution in [-0.2, 0) is 28.6 Å². The van der Waals surface area contributed by atoms with Crippen LogP contribution in [0.2, 0.25) is 0 Å². The number of hydrogen-bond donors (Lipinski definition) is 0. The topological polar surface area (TPSA) is 78.9 Å². The highest BCUT2D eigenvalue weighted by Gasteiger charge is 2.19. The molecule has 0 N–H and O–H groups in total. The number of ether oxygens (including phenoxy) is 3. The number of esters is 3. The number of carbonyl (C=O) groups is 3. The lowest BCUT2D eigenvalue weighted by Crippen LogP contribution is -2.30. The average molecular weight is 791 g/mol. The summed E-state index contributed by atoms with van der Waals surface area (Å²) in [6, 6.07) is 0. The minimum atomic E-state index is -0.764. The van der Waals surface area contributed by atoms with Gasteiger partial charge in [-0.2, -0.15) is 0 Å². The lowest BCUT2D eigenvalue weighted by atomic mass is 10.0. The van der Waals surface area contributed by atoms with Crippen LogP contribution in [0.4, 0.5) is 0 Å². The largest absolute Gasteiger partial charge is 0.462 e. The maximum Gasteiger partial charge on any atom is 0.306 e. The summed E-state index contributed by atoms with van der Waals surface area (Å²) in [4.78, 5) is 37.6. The minimum absolute atomic E-state index is 0.0693. The molecule has 0 aromatic rings. The third-order valence-corrected chi connectivity index (χ3v) is 11.0. The van der Waals surface area contributed by atoms with Crippen molar-refractivity contribution in [3.8, 4) is 0 Å². The molecule has 0 bridgehead atoms. The van der Waals surface area contributed by atoms with E-state index in [9.17, 15) is 14.4 Å². The lowest BCUT2D eigenvalue weighted by Gasteiger charge is -2.18. The SMILES string of the molecule is CCCCCCCCC/C=C\CCCCCCCC(=O)OCC(COC(=O)CCCCCCCC)OC(=O)CCCCCCCCCCCCCCCCCC. The summed E-state index contributed by atoms with van der Waals surface area (Å²) in [7, 11) is 0. The van der Waals surface area contributed by atoms with E-state index in [0.717, 1.165) is 64.2 Å². The monoisotopic (exact) mass is 791 g/mol. The summed E-state index contributed by atoms with van der Waals surface area (Å²) in [6.07, 6.45) is 49.3. The molecule has 0 saturated carbocycles. The third-order valence-electron chi connectivity index (χ3n) is 11.0. The Bertz CT molecular complexity index is 870. The Hall–Kier alpha value is -1.85. The van der Waals surface area contributed by atoms with Crippen molar-refractivity contribution in [2.24, 2.45) is 0 Å². The van der Waals surface area contributed by atoms with Crippen LogP contribution in [0.15, 0.2) is 12.2 Å². The number of allylic oxidation sites excluding steroid dienone is 2. The molecule has 0 saturated heterocycles. The molecule has 1 unspecified atom stereocenters. The Morgan fingerprint density at radius 2 is 0.589 bits per heavy atom. The van der Waals surface area contributed by atoms with Crippen molar-refractivity contribution >= 4 is 17.9 Å². The third kappa shape index (κ3) is 43.3. The molecule has 0 aromatic heterocycles. The van der Waals surface area contributed by atoms with E-state index in [4.69, 9.17) is 14.2 Å². The van der Waals surface area contributed by atoms with Crippen molar-refractivity contribution < 1.29 is 28.6 Å². The molecule has 0 rings (SSSR count). The van der Waals surface area contributed by atoms with Gasteiger partial charge in [-0.1, -0.05) is 219 Å². The van der Waals surface area contributed by atoms with Gasteiger partial charge in [0.2, 0.25) is 0 Å². The predicted molar refractivity (Wildman–Crippen MR) is 238 cm³/mol. The first-order valence-corrected chi connectivity index (χ1v) is 24.7. The second kappa shape index (κ2) is 45.8. The molecular formula is C50H94O6. The van der Waals surface area contributed by atoms with E-state index in [1.165, 1.54) is 167 Å². The van der Waals surface area contributed by atoms with Gasteiger partial charge in [0, 0.05) is 19.3 Å². The van der Waals surface area contributed by atoms with Gasteiger partial charge >= 0.3 is 17.9 Å². The Balaban J connectivity index is 4.21.